The van der Waals surface area contributed by atoms with Gasteiger partial charge in [0.05, 0.1) is 12.9 Å². The number of fused-ring (bicyclic) bond motifs is 1. The molecule has 3 N–H and O–H groups in total. The summed E-state index contributed by atoms with van der Waals surface area (Å²) in [4.78, 5) is 23.9. The minimum atomic E-state index is -1.78. The third kappa shape index (κ3) is 3.79. The number of ether oxygens (including phenoxy) is 2. The Kier molecular flexibility index (Phi) is 5.41. The van der Waals surface area contributed by atoms with Crippen LogP contribution in [-0.4, -0.2) is 62.0 Å². The number of alkyl halides is 1. The van der Waals surface area contributed by atoms with Crippen LogP contribution in [0.1, 0.15) is 16.6 Å². The number of aliphatic hydroxyl groups excluding tert-OH is 1. The Labute approximate surface area is 169 Å². The van der Waals surface area contributed by atoms with Gasteiger partial charge in [0.1, 0.15) is 24.3 Å². The maximum absolute atomic E-state index is 14.7. The van der Waals surface area contributed by atoms with Crippen LogP contribution in [0, 0.1) is 0 Å². The Balaban J connectivity index is 1.44. The normalized spacial score (nSPS) is 24.2. The molecule has 1 aliphatic heterocycles. The average molecular weight is 422 g/mol. The highest BCUT2D eigenvalue weighted by Gasteiger charge is 2.46. The molecule has 1 aromatic carbocycles. The number of Topliss-reactive ketones (excluding diaryl/α,β-unsaturated/α-hetero) is 1. The van der Waals surface area contributed by atoms with Crippen LogP contribution in [0.5, 0.6) is 0 Å². The molecule has 0 aliphatic carbocycles. The van der Waals surface area contributed by atoms with Crippen molar-refractivity contribution < 1.29 is 23.8 Å². The van der Waals surface area contributed by atoms with Gasteiger partial charge in [0.25, 0.3) is 0 Å². The third-order valence-electron chi connectivity index (χ3n) is 4.60. The lowest BCUT2D eigenvalue weighted by atomic mass is 10.1. The molecular formula is C18H17ClFN5O4. The second-order valence-electron chi connectivity index (χ2n) is 6.51. The van der Waals surface area contributed by atoms with Gasteiger partial charge in [0.15, 0.2) is 29.6 Å². The predicted molar refractivity (Wildman–Crippen MR) is 101 cm³/mol. The third-order valence-corrected chi connectivity index (χ3v) is 4.77. The van der Waals surface area contributed by atoms with Gasteiger partial charge in [0, 0.05) is 5.56 Å². The Hall–Kier alpha value is -2.66. The van der Waals surface area contributed by atoms with E-state index in [1.54, 1.807) is 30.3 Å². The number of rotatable bonds is 6. The standard InChI is InChI=1S/C18H17ClFN5O4/c19-18-23-15(21)13-16(24-18)25(8-22-13)17-12(20)14(27)11(29-17)7-28-6-10(26)9-4-2-1-3-5-9/h1-5,8,11-12,14,17,27H,6-7H2,(H2,21,23,24)/t11-,12+,14-,17-/m1/s1. The van der Waals surface area contributed by atoms with Crippen molar-refractivity contribution in [2.45, 2.75) is 24.6 Å². The fourth-order valence-corrected chi connectivity index (χ4v) is 3.31. The lowest BCUT2D eigenvalue weighted by Gasteiger charge is -2.15. The number of anilines is 1. The van der Waals surface area contributed by atoms with E-state index in [9.17, 15) is 14.3 Å². The molecule has 11 heteroatoms. The number of hydrogen-bond donors (Lipinski definition) is 2. The number of hydrogen-bond acceptors (Lipinski definition) is 8. The van der Waals surface area contributed by atoms with Crippen molar-refractivity contribution in [3.05, 3.63) is 47.5 Å². The number of aromatic nitrogens is 4. The molecule has 0 unspecified atom stereocenters. The van der Waals surface area contributed by atoms with Crippen LogP contribution >= 0.6 is 11.6 Å². The zero-order chi connectivity index (χ0) is 20.5. The first-order chi connectivity index (χ1) is 14.0. The molecule has 4 atom stereocenters. The molecule has 1 aliphatic rings. The Morgan fingerprint density at radius 2 is 2.10 bits per heavy atom. The summed E-state index contributed by atoms with van der Waals surface area (Å²) >= 11 is 5.82. The summed E-state index contributed by atoms with van der Waals surface area (Å²) in [6.45, 7) is -0.382. The summed E-state index contributed by atoms with van der Waals surface area (Å²) in [5.74, 6) is -0.180. The van der Waals surface area contributed by atoms with Gasteiger partial charge in [-0.25, -0.2) is 9.37 Å². The van der Waals surface area contributed by atoms with E-state index < -0.39 is 24.6 Å². The lowest BCUT2D eigenvalue weighted by molar-refractivity contribution is -0.0599. The maximum Gasteiger partial charge on any atom is 0.226 e. The van der Waals surface area contributed by atoms with Gasteiger partial charge in [-0.2, -0.15) is 9.97 Å². The van der Waals surface area contributed by atoms with E-state index in [-0.39, 0.29) is 41.3 Å². The summed E-state index contributed by atoms with van der Waals surface area (Å²) in [6.07, 6.45) is -4.14. The quantitative estimate of drug-likeness (QED) is 0.453. The van der Waals surface area contributed by atoms with E-state index >= 15 is 0 Å². The number of nitrogens with two attached hydrogens (primary N) is 1. The fraction of sp³-hybridized carbons (Fsp3) is 0.333. The second-order valence-corrected chi connectivity index (χ2v) is 6.84. The van der Waals surface area contributed by atoms with E-state index in [0.29, 0.717) is 5.56 Å². The van der Waals surface area contributed by atoms with Crippen LogP contribution in [0.25, 0.3) is 11.2 Å². The van der Waals surface area contributed by atoms with Gasteiger partial charge in [0.2, 0.25) is 5.28 Å². The van der Waals surface area contributed by atoms with Crippen molar-refractivity contribution >= 4 is 34.4 Å². The molecule has 2 aromatic heterocycles. The Morgan fingerprint density at radius 1 is 1.34 bits per heavy atom. The number of nitrogen functional groups attached to an aromatic ring is 1. The molecule has 1 fully saturated rings. The largest absolute Gasteiger partial charge is 0.387 e. The molecule has 0 bridgehead atoms. The van der Waals surface area contributed by atoms with Crippen LogP contribution in [0.15, 0.2) is 36.7 Å². The summed E-state index contributed by atoms with van der Waals surface area (Å²) in [6, 6.07) is 8.63. The minimum Gasteiger partial charge on any atom is -0.387 e. The predicted octanol–water partition coefficient (Wildman–Crippen LogP) is 1.56. The molecule has 0 radical (unpaired) electrons. The van der Waals surface area contributed by atoms with Gasteiger partial charge in [-0.1, -0.05) is 30.3 Å². The van der Waals surface area contributed by atoms with Crippen LogP contribution < -0.4 is 5.73 Å². The second kappa shape index (κ2) is 7.99. The molecule has 4 rings (SSSR count). The Morgan fingerprint density at radius 3 is 2.86 bits per heavy atom. The number of nitrogens with zero attached hydrogens (tertiary/aromatic N) is 4. The van der Waals surface area contributed by atoms with Crippen molar-refractivity contribution in [3.8, 4) is 0 Å². The van der Waals surface area contributed by atoms with Crippen molar-refractivity contribution in [1.82, 2.24) is 19.5 Å². The monoisotopic (exact) mass is 421 g/mol. The Bertz CT molecular complexity index is 1030. The first-order valence-electron chi connectivity index (χ1n) is 8.75. The first kappa shape index (κ1) is 19.6. The van der Waals surface area contributed by atoms with Gasteiger partial charge in [-0.15, -0.1) is 0 Å². The minimum absolute atomic E-state index is 0.0482. The van der Waals surface area contributed by atoms with Gasteiger partial charge < -0.3 is 20.3 Å². The molecule has 9 nitrogen and oxygen atoms in total. The van der Waals surface area contributed by atoms with E-state index in [1.807, 2.05) is 0 Å². The van der Waals surface area contributed by atoms with E-state index in [0.717, 1.165) is 0 Å². The SMILES string of the molecule is Nc1nc(Cl)nc2c1ncn2[C@@H]1O[C@H](COCC(=O)c2ccccc2)[C@@H](O)[C@@H]1F. The van der Waals surface area contributed by atoms with E-state index in [1.165, 1.54) is 10.9 Å². The summed E-state index contributed by atoms with van der Waals surface area (Å²) in [7, 11) is 0. The first-order valence-corrected chi connectivity index (χ1v) is 9.12. The van der Waals surface area contributed by atoms with E-state index in [2.05, 4.69) is 15.0 Å². The fourth-order valence-electron chi connectivity index (χ4n) is 3.14. The lowest BCUT2D eigenvalue weighted by Crippen LogP contribution is -2.32. The summed E-state index contributed by atoms with van der Waals surface area (Å²) in [5.41, 5.74) is 6.68. The number of aliphatic hydroxyl groups is 1. The van der Waals surface area contributed by atoms with Gasteiger partial charge in [-0.3, -0.25) is 9.36 Å². The molecule has 0 spiro atoms. The highest BCUT2D eigenvalue weighted by Crippen LogP contribution is 2.34. The van der Waals surface area contributed by atoms with Crippen molar-refractivity contribution in [1.29, 1.82) is 0 Å². The molecule has 29 heavy (non-hydrogen) atoms. The molecule has 0 amide bonds. The van der Waals surface area contributed by atoms with Crippen LogP contribution in [-0.2, 0) is 9.47 Å². The van der Waals surface area contributed by atoms with Crippen molar-refractivity contribution in [2.75, 3.05) is 18.9 Å². The highest BCUT2D eigenvalue weighted by atomic mass is 35.5. The number of carbonyl (C=O) groups excluding carboxylic acids is 1. The zero-order valence-corrected chi connectivity index (χ0v) is 15.7. The zero-order valence-electron chi connectivity index (χ0n) is 15.0. The van der Waals surface area contributed by atoms with Crippen molar-refractivity contribution in [2.24, 2.45) is 0 Å². The number of halogens is 2. The van der Waals surface area contributed by atoms with Gasteiger partial charge in [-0.05, 0) is 11.6 Å². The smallest absolute Gasteiger partial charge is 0.226 e. The molecule has 152 valence electrons. The number of benzene rings is 1. The van der Waals surface area contributed by atoms with Crippen molar-refractivity contribution in [3.63, 3.8) is 0 Å². The summed E-state index contributed by atoms with van der Waals surface area (Å²) in [5, 5.41) is 10.1. The van der Waals surface area contributed by atoms with Crippen LogP contribution in [0.3, 0.4) is 0 Å². The van der Waals surface area contributed by atoms with Crippen LogP contribution in [0.4, 0.5) is 10.2 Å². The number of imidazole rings is 1. The van der Waals surface area contributed by atoms with E-state index in [4.69, 9.17) is 26.8 Å². The average Bonchev–Trinajstić information content (AvgIpc) is 3.25. The molecule has 3 heterocycles. The number of ketones is 1. The molecular weight excluding hydrogens is 405 g/mol. The highest BCUT2D eigenvalue weighted by molar-refractivity contribution is 6.28. The molecule has 1 saturated heterocycles. The van der Waals surface area contributed by atoms with Gasteiger partial charge >= 0.3 is 0 Å². The topological polar surface area (TPSA) is 125 Å². The maximum atomic E-state index is 14.7. The summed E-state index contributed by atoms with van der Waals surface area (Å²) < 4.78 is 27.0. The molecule has 0 saturated carbocycles. The van der Waals surface area contributed by atoms with Crippen LogP contribution in [0.2, 0.25) is 5.28 Å². The number of carbonyl (C=O) groups is 1. The molecule has 3 aromatic rings.